The van der Waals surface area contributed by atoms with Crippen LogP contribution in [0.15, 0.2) is 35.0 Å². The van der Waals surface area contributed by atoms with Crippen LogP contribution in [0.5, 0.6) is 0 Å². The number of benzene rings is 1. The molecule has 0 aromatic heterocycles. The van der Waals surface area contributed by atoms with Crippen LogP contribution in [0, 0.1) is 0 Å². The van der Waals surface area contributed by atoms with Gasteiger partial charge in [0.2, 0.25) is 0 Å². The van der Waals surface area contributed by atoms with E-state index in [2.05, 4.69) is 9.89 Å². The van der Waals surface area contributed by atoms with E-state index in [4.69, 9.17) is 0 Å². The second-order valence-electron chi connectivity index (χ2n) is 5.46. The minimum atomic E-state index is 0.0522. The van der Waals surface area contributed by atoms with Gasteiger partial charge in [-0.25, -0.2) is 4.99 Å². The number of piperidine rings is 1. The van der Waals surface area contributed by atoms with Gasteiger partial charge in [-0.15, -0.1) is 0 Å². The summed E-state index contributed by atoms with van der Waals surface area (Å²) < 4.78 is 0. The highest BCUT2D eigenvalue weighted by Gasteiger charge is 2.31. The van der Waals surface area contributed by atoms with Crippen LogP contribution in [-0.4, -0.2) is 37.3 Å². The van der Waals surface area contributed by atoms with Gasteiger partial charge in [-0.2, -0.15) is 0 Å². The van der Waals surface area contributed by atoms with Gasteiger partial charge in [-0.1, -0.05) is 12.1 Å². The van der Waals surface area contributed by atoms with Crippen LogP contribution < -0.4 is 4.90 Å². The summed E-state index contributed by atoms with van der Waals surface area (Å²) in [6, 6.07) is 8.14. The van der Waals surface area contributed by atoms with Crippen molar-refractivity contribution in [2.75, 3.05) is 25.5 Å². The molecule has 1 aromatic carbocycles. The summed E-state index contributed by atoms with van der Waals surface area (Å²) >= 11 is 0. The Hall–Kier alpha value is -2.10. The van der Waals surface area contributed by atoms with Gasteiger partial charge < -0.3 is 4.90 Å². The number of amidine groups is 1. The van der Waals surface area contributed by atoms with Gasteiger partial charge in [0.15, 0.2) is 0 Å². The lowest BCUT2D eigenvalue weighted by Gasteiger charge is -2.22. The molecule has 4 heteroatoms. The molecular weight excluding hydrogens is 250 g/mol. The molecule has 0 aliphatic carbocycles. The van der Waals surface area contributed by atoms with Crippen LogP contribution in [0.2, 0.25) is 0 Å². The van der Waals surface area contributed by atoms with Crippen molar-refractivity contribution in [2.45, 2.75) is 19.3 Å². The molecular formula is C16H19N3O. The minimum absolute atomic E-state index is 0.0522. The molecule has 4 nitrogen and oxygen atoms in total. The molecule has 0 radical (unpaired) electrons. The summed E-state index contributed by atoms with van der Waals surface area (Å²) in [7, 11) is 4.02. The topological polar surface area (TPSA) is 35.9 Å². The van der Waals surface area contributed by atoms with Crippen molar-refractivity contribution in [2.24, 2.45) is 4.99 Å². The Labute approximate surface area is 119 Å². The Morgan fingerprint density at radius 3 is 2.60 bits per heavy atom. The highest BCUT2D eigenvalue weighted by Crippen LogP contribution is 2.24. The van der Waals surface area contributed by atoms with E-state index in [1.54, 1.807) is 0 Å². The minimum Gasteiger partial charge on any atom is -0.378 e. The Kier molecular flexibility index (Phi) is 3.30. The molecule has 0 saturated carbocycles. The average Bonchev–Trinajstić information content (AvgIpc) is 2.77. The van der Waals surface area contributed by atoms with Crippen molar-refractivity contribution in [1.82, 2.24) is 4.90 Å². The van der Waals surface area contributed by atoms with Crippen LogP contribution in [0.4, 0.5) is 5.69 Å². The van der Waals surface area contributed by atoms with E-state index in [0.717, 1.165) is 42.9 Å². The molecule has 1 fully saturated rings. The van der Waals surface area contributed by atoms with E-state index in [1.807, 2.05) is 49.3 Å². The van der Waals surface area contributed by atoms with Gasteiger partial charge in [0.1, 0.15) is 11.5 Å². The zero-order valence-corrected chi connectivity index (χ0v) is 12.0. The molecule has 1 amide bonds. The Balaban J connectivity index is 1.85. The summed E-state index contributed by atoms with van der Waals surface area (Å²) in [4.78, 5) is 20.6. The maximum absolute atomic E-state index is 12.3. The normalized spacial score (nSPS) is 20.1. The van der Waals surface area contributed by atoms with Gasteiger partial charge >= 0.3 is 0 Å². The fraction of sp³-hybridized carbons (Fsp3) is 0.375. The Morgan fingerprint density at radius 1 is 1.20 bits per heavy atom. The molecule has 2 aliphatic rings. The molecule has 2 aliphatic heterocycles. The first-order valence-electron chi connectivity index (χ1n) is 7.04. The van der Waals surface area contributed by atoms with Crippen molar-refractivity contribution in [1.29, 1.82) is 0 Å². The van der Waals surface area contributed by atoms with Gasteiger partial charge in [-0.3, -0.25) is 9.69 Å². The molecule has 0 spiro atoms. The number of rotatable bonds is 2. The van der Waals surface area contributed by atoms with Crippen molar-refractivity contribution in [3.63, 3.8) is 0 Å². The molecule has 0 unspecified atom stereocenters. The molecule has 0 atom stereocenters. The molecule has 0 N–H and O–H groups in total. The smallest absolute Gasteiger partial charge is 0.277 e. The maximum Gasteiger partial charge on any atom is 0.277 e. The number of nitrogens with zero attached hydrogens (tertiary/aromatic N) is 3. The largest absolute Gasteiger partial charge is 0.378 e. The fourth-order valence-corrected chi connectivity index (χ4v) is 2.60. The lowest BCUT2D eigenvalue weighted by Crippen LogP contribution is -2.35. The number of carbonyl (C=O) groups is 1. The first kappa shape index (κ1) is 12.9. The predicted molar refractivity (Wildman–Crippen MR) is 81.7 cm³/mol. The number of carbonyl (C=O) groups excluding carboxylic acids is 1. The number of hydrogen-bond acceptors (Lipinski definition) is 3. The maximum atomic E-state index is 12.3. The molecule has 2 heterocycles. The lowest BCUT2D eigenvalue weighted by molar-refractivity contribution is -0.122. The lowest BCUT2D eigenvalue weighted by atomic mass is 10.1. The van der Waals surface area contributed by atoms with Gasteiger partial charge in [-0.05, 0) is 36.6 Å². The highest BCUT2D eigenvalue weighted by molar-refractivity contribution is 6.14. The summed E-state index contributed by atoms with van der Waals surface area (Å²) in [5, 5.41) is 0. The third kappa shape index (κ3) is 2.33. The van der Waals surface area contributed by atoms with E-state index in [9.17, 15) is 4.79 Å². The summed E-state index contributed by atoms with van der Waals surface area (Å²) in [6.07, 6.45) is 5.01. The predicted octanol–water partition coefficient (Wildman–Crippen LogP) is 2.52. The van der Waals surface area contributed by atoms with E-state index < -0.39 is 0 Å². The first-order chi connectivity index (χ1) is 9.65. The fourth-order valence-electron chi connectivity index (χ4n) is 2.60. The number of hydrogen-bond donors (Lipinski definition) is 0. The molecule has 0 bridgehead atoms. The number of aliphatic imine (C=N–C) groups is 1. The van der Waals surface area contributed by atoms with E-state index in [0.29, 0.717) is 5.70 Å². The Bertz CT molecular complexity index is 584. The second kappa shape index (κ2) is 5.12. The standard InChI is InChI=1S/C16H19N3O/c1-18(2)13-8-6-12(7-9-13)11-14-16(20)19-10-4-3-5-15(19)17-14/h6-9,11H,3-5,10H2,1-2H3/b14-11+. The van der Waals surface area contributed by atoms with Crippen LogP contribution in [0.3, 0.4) is 0 Å². The third-order valence-electron chi connectivity index (χ3n) is 3.77. The summed E-state index contributed by atoms with van der Waals surface area (Å²) in [6.45, 7) is 0.814. The average molecular weight is 269 g/mol. The summed E-state index contributed by atoms with van der Waals surface area (Å²) in [5.74, 6) is 0.994. The Morgan fingerprint density at radius 2 is 1.95 bits per heavy atom. The monoisotopic (exact) mass is 269 g/mol. The third-order valence-corrected chi connectivity index (χ3v) is 3.77. The molecule has 3 rings (SSSR count). The van der Waals surface area contributed by atoms with Crippen LogP contribution >= 0.6 is 0 Å². The van der Waals surface area contributed by atoms with Gasteiger partial charge in [0.05, 0.1) is 0 Å². The van der Waals surface area contributed by atoms with E-state index in [-0.39, 0.29) is 5.91 Å². The molecule has 20 heavy (non-hydrogen) atoms. The van der Waals surface area contributed by atoms with Crippen LogP contribution in [-0.2, 0) is 4.79 Å². The molecule has 104 valence electrons. The molecule has 1 saturated heterocycles. The van der Waals surface area contributed by atoms with Crippen molar-refractivity contribution in [3.8, 4) is 0 Å². The van der Waals surface area contributed by atoms with Crippen molar-refractivity contribution in [3.05, 3.63) is 35.5 Å². The SMILES string of the molecule is CN(C)c1ccc(/C=C2/N=C3CCCCN3C2=O)cc1. The molecule has 1 aromatic rings. The van der Waals surface area contributed by atoms with Crippen LogP contribution in [0.1, 0.15) is 24.8 Å². The summed E-state index contributed by atoms with van der Waals surface area (Å²) in [5.41, 5.74) is 2.73. The second-order valence-corrected chi connectivity index (χ2v) is 5.46. The zero-order valence-electron chi connectivity index (χ0n) is 12.0. The van der Waals surface area contributed by atoms with Crippen molar-refractivity contribution < 1.29 is 4.79 Å². The highest BCUT2D eigenvalue weighted by atomic mass is 16.2. The quantitative estimate of drug-likeness (QED) is 0.773. The zero-order chi connectivity index (χ0) is 14.1. The number of amides is 1. The van der Waals surface area contributed by atoms with Gasteiger partial charge in [0, 0.05) is 32.7 Å². The van der Waals surface area contributed by atoms with E-state index in [1.165, 1.54) is 0 Å². The van der Waals surface area contributed by atoms with Crippen molar-refractivity contribution >= 4 is 23.5 Å². The van der Waals surface area contributed by atoms with Crippen LogP contribution in [0.25, 0.3) is 6.08 Å². The van der Waals surface area contributed by atoms with E-state index >= 15 is 0 Å². The number of anilines is 1. The number of fused-ring (bicyclic) bond motifs is 1. The van der Waals surface area contributed by atoms with Gasteiger partial charge in [0.25, 0.3) is 5.91 Å². The first-order valence-corrected chi connectivity index (χ1v) is 7.04.